The lowest BCUT2D eigenvalue weighted by atomic mass is 9.71. The third kappa shape index (κ3) is 4.01. The molecule has 0 amide bonds. The van der Waals surface area contributed by atoms with Gasteiger partial charge >= 0.3 is 5.97 Å². The molecule has 1 aliphatic heterocycles. The summed E-state index contributed by atoms with van der Waals surface area (Å²) in [7, 11) is 0. The van der Waals surface area contributed by atoms with Crippen LogP contribution < -0.4 is 0 Å². The van der Waals surface area contributed by atoms with Gasteiger partial charge in [-0.2, -0.15) is 0 Å². The largest absolute Gasteiger partial charge is 0.481 e. The zero-order valence-corrected chi connectivity index (χ0v) is 18.1. The number of benzene rings is 1. The van der Waals surface area contributed by atoms with E-state index in [2.05, 4.69) is 0 Å². The number of carboxylic acid groups (broad SMARTS) is 1. The predicted octanol–water partition coefficient (Wildman–Crippen LogP) is 1.59. The summed E-state index contributed by atoms with van der Waals surface area (Å²) in [5, 5.41) is 51.6. The van der Waals surface area contributed by atoms with Crippen LogP contribution in [0.1, 0.15) is 63.1 Å². The lowest BCUT2D eigenvalue weighted by Crippen LogP contribution is -2.66. The Balaban J connectivity index is 1.95. The first-order chi connectivity index (χ1) is 13.9. The molecule has 1 fully saturated rings. The number of carboxylic acids is 1. The third-order valence-electron chi connectivity index (χ3n) is 7.18. The van der Waals surface area contributed by atoms with Gasteiger partial charge in [0, 0.05) is 5.92 Å². The van der Waals surface area contributed by atoms with Crippen LogP contribution in [-0.2, 0) is 22.4 Å². The van der Waals surface area contributed by atoms with E-state index in [1.165, 1.54) is 0 Å². The average molecular weight is 423 g/mol. The van der Waals surface area contributed by atoms with Gasteiger partial charge in [0.15, 0.2) is 0 Å². The Labute approximate surface area is 177 Å². The third-order valence-corrected chi connectivity index (χ3v) is 7.18. The van der Waals surface area contributed by atoms with Crippen molar-refractivity contribution in [2.24, 2.45) is 11.3 Å². The van der Waals surface area contributed by atoms with Crippen molar-refractivity contribution in [2.45, 2.75) is 89.5 Å². The zero-order chi connectivity index (χ0) is 22.4. The monoisotopic (exact) mass is 422 g/mol. The molecule has 168 valence electrons. The molecule has 0 aromatic heterocycles. The molecule has 2 aliphatic rings. The molecule has 0 bridgehead atoms. The number of ether oxygens (including phenoxy) is 1. The Bertz CT molecular complexity index is 792. The number of carbonyl (C=O) groups is 1. The molecule has 0 saturated carbocycles. The molecule has 1 heterocycles. The van der Waals surface area contributed by atoms with Gasteiger partial charge in [0.1, 0.15) is 18.3 Å². The predicted molar refractivity (Wildman–Crippen MR) is 110 cm³/mol. The van der Waals surface area contributed by atoms with Crippen molar-refractivity contribution in [3.63, 3.8) is 0 Å². The summed E-state index contributed by atoms with van der Waals surface area (Å²) in [6, 6.07) is 5.94. The Kier molecular flexibility index (Phi) is 6.33. The van der Waals surface area contributed by atoms with Crippen molar-refractivity contribution in [2.75, 3.05) is 0 Å². The van der Waals surface area contributed by atoms with Gasteiger partial charge in [-0.05, 0) is 54.7 Å². The van der Waals surface area contributed by atoms with Crippen LogP contribution in [0.4, 0.5) is 0 Å². The molecule has 7 heteroatoms. The number of aliphatic hydroxyl groups excluding tert-OH is 3. The van der Waals surface area contributed by atoms with Gasteiger partial charge in [0.25, 0.3) is 0 Å². The van der Waals surface area contributed by atoms with Gasteiger partial charge in [-0.25, -0.2) is 0 Å². The lowest BCUT2D eigenvalue weighted by Gasteiger charge is -2.49. The van der Waals surface area contributed by atoms with Crippen LogP contribution in [0.5, 0.6) is 0 Å². The van der Waals surface area contributed by atoms with Crippen LogP contribution >= 0.6 is 0 Å². The van der Waals surface area contributed by atoms with Crippen molar-refractivity contribution in [3.8, 4) is 0 Å². The quantitative estimate of drug-likeness (QED) is 0.487. The fourth-order valence-corrected chi connectivity index (χ4v) is 4.84. The molecule has 1 aromatic carbocycles. The molecule has 30 heavy (non-hydrogen) atoms. The van der Waals surface area contributed by atoms with Crippen molar-refractivity contribution in [1.29, 1.82) is 0 Å². The van der Waals surface area contributed by atoms with Crippen molar-refractivity contribution in [3.05, 3.63) is 34.9 Å². The fraction of sp³-hybridized carbons (Fsp3) is 0.696. The second-order valence-electron chi connectivity index (χ2n) is 9.70. The molecular formula is C23H34O7. The number of aliphatic carboxylic acids is 1. The number of hydrogen-bond acceptors (Lipinski definition) is 6. The molecule has 2 unspecified atom stereocenters. The maximum Gasteiger partial charge on any atom is 0.306 e. The van der Waals surface area contributed by atoms with E-state index in [0.717, 1.165) is 29.5 Å². The smallest absolute Gasteiger partial charge is 0.306 e. The van der Waals surface area contributed by atoms with Crippen LogP contribution in [-0.4, -0.2) is 61.7 Å². The van der Waals surface area contributed by atoms with Gasteiger partial charge in [0.2, 0.25) is 5.79 Å². The minimum absolute atomic E-state index is 0.475. The number of hydrogen-bond donors (Lipinski definition) is 5. The highest BCUT2D eigenvalue weighted by Gasteiger charge is 2.56. The highest BCUT2D eigenvalue weighted by atomic mass is 16.7. The second kappa shape index (κ2) is 8.20. The zero-order valence-electron chi connectivity index (χ0n) is 18.1. The standard InChI is InChI=1S/C23H34O7/c1-12(21(27)28)22(3,4)11-14-8-9-15-6-5-7-17(16(15)10-14)23(29)20(26)19(25)18(24)13(2)30-23/h8-10,12-13,17-20,24-26,29H,5-7,11H2,1-4H3,(H,27,28)/t12?,13-,17?,18+,19+,20-,23+/m0/s1. The first-order valence-corrected chi connectivity index (χ1v) is 10.7. The van der Waals surface area contributed by atoms with E-state index >= 15 is 0 Å². The Hall–Kier alpha value is -1.51. The maximum atomic E-state index is 11.5. The lowest BCUT2D eigenvalue weighted by molar-refractivity contribution is -0.352. The summed E-state index contributed by atoms with van der Waals surface area (Å²) in [6.45, 7) is 7.10. The summed E-state index contributed by atoms with van der Waals surface area (Å²) >= 11 is 0. The number of aryl methyl sites for hydroxylation is 1. The van der Waals surface area contributed by atoms with E-state index in [-0.39, 0.29) is 0 Å². The molecule has 7 nitrogen and oxygen atoms in total. The molecule has 7 atom stereocenters. The number of aliphatic hydroxyl groups is 4. The van der Waals surface area contributed by atoms with E-state index in [9.17, 15) is 30.3 Å². The van der Waals surface area contributed by atoms with Crippen LogP contribution in [0.15, 0.2) is 18.2 Å². The summed E-state index contributed by atoms with van der Waals surface area (Å²) < 4.78 is 5.69. The van der Waals surface area contributed by atoms with Crippen molar-refractivity contribution < 1.29 is 35.1 Å². The molecule has 5 N–H and O–H groups in total. The maximum absolute atomic E-state index is 11.5. The summed E-state index contributed by atoms with van der Waals surface area (Å²) in [6.07, 6.45) is -2.55. The van der Waals surface area contributed by atoms with Gasteiger partial charge in [-0.3, -0.25) is 4.79 Å². The molecular weight excluding hydrogens is 388 g/mol. The number of rotatable bonds is 5. The minimum Gasteiger partial charge on any atom is -0.481 e. The second-order valence-corrected chi connectivity index (χ2v) is 9.70. The highest BCUT2D eigenvalue weighted by molar-refractivity contribution is 5.70. The molecule has 0 spiro atoms. The molecule has 0 radical (unpaired) electrons. The number of fused-ring (bicyclic) bond motifs is 1. The summed E-state index contributed by atoms with van der Waals surface area (Å²) in [5.74, 6) is -3.96. The van der Waals surface area contributed by atoms with Crippen molar-refractivity contribution >= 4 is 5.97 Å². The van der Waals surface area contributed by atoms with Gasteiger partial charge in [-0.1, -0.05) is 39.0 Å². The highest BCUT2D eigenvalue weighted by Crippen LogP contribution is 2.46. The fourth-order valence-electron chi connectivity index (χ4n) is 4.84. The Morgan fingerprint density at radius 2 is 1.93 bits per heavy atom. The topological polar surface area (TPSA) is 127 Å². The van der Waals surface area contributed by atoms with E-state index in [1.54, 1.807) is 13.8 Å². The molecule has 1 aliphatic carbocycles. The van der Waals surface area contributed by atoms with E-state index in [4.69, 9.17) is 4.74 Å². The average Bonchev–Trinajstić information content (AvgIpc) is 2.69. The molecule has 1 saturated heterocycles. The van der Waals surface area contributed by atoms with Gasteiger partial charge < -0.3 is 30.3 Å². The van der Waals surface area contributed by atoms with Crippen LogP contribution in [0.2, 0.25) is 0 Å². The molecule has 1 aromatic rings. The summed E-state index contributed by atoms with van der Waals surface area (Å²) in [4.78, 5) is 11.5. The van der Waals surface area contributed by atoms with Crippen LogP contribution in [0.25, 0.3) is 0 Å². The van der Waals surface area contributed by atoms with Gasteiger partial charge in [0.05, 0.1) is 12.0 Å². The molecule has 3 rings (SSSR count). The van der Waals surface area contributed by atoms with Crippen molar-refractivity contribution in [1.82, 2.24) is 0 Å². The van der Waals surface area contributed by atoms with Crippen LogP contribution in [0, 0.1) is 11.3 Å². The Morgan fingerprint density at radius 3 is 2.57 bits per heavy atom. The van der Waals surface area contributed by atoms with E-state index in [0.29, 0.717) is 12.8 Å². The normalized spacial score (nSPS) is 35.5. The Morgan fingerprint density at radius 1 is 1.27 bits per heavy atom. The SMILES string of the molecule is CC(C(=O)O)C(C)(C)Cc1ccc2c(c1)C([C@@]1(O)O[C@@H](C)[C@@H](O)[C@@H](O)[C@@H]1O)CCC2. The minimum atomic E-state index is -2.02. The van der Waals surface area contributed by atoms with Crippen LogP contribution in [0.3, 0.4) is 0 Å². The van der Waals surface area contributed by atoms with Gasteiger partial charge in [-0.15, -0.1) is 0 Å². The van der Waals surface area contributed by atoms with E-state index in [1.807, 2.05) is 32.0 Å². The summed E-state index contributed by atoms with van der Waals surface area (Å²) in [5.41, 5.74) is 2.35. The van der Waals surface area contributed by atoms with E-state index < -0.39 is 53.4 Å². The first-order valence-electron chi connectivity index (χ1n) is 10.7. The first kappa shape index (κ1) is 23.2.